The molecule has 1 aromatic rings. The fourth-order valence-corrected chi connectivity index (χ4v) is 2.19. The molecule has 1 saturated heterocycles. The molecular formula is C12H12N2O5. The van der Waals surface area contributed by atoms with Crippen molar-refractivity contribution in [1.29, 1.82) is 0 Å². The summed E-state index contributed by atoms with van der Waals surface area (Å²) >= 11 is 0. The van der Waals surface area contributed by atoms with E-state index in [0.717, 1.165) is 0 Å². The Labute approximate surface area is 108 Å². The fraction of sp³-hybridized carbons (Fsp3) is 0.250. The maximum absolute atomic E-state index is 12.1. The highest BCUT2D eigenvalue weighted by molar-refractivity contribution is 6.21. The van der Waals surface area contributed by atoms with E-state index in [4.69, 9.17) is 0 Å². The molecule has 2 N–H and O–H groups in total. The molecule has 0 aliphatic carbocycles. The third-order valence-electron chi connectivity index (χ3n) is 3.27. The van der Waals surface area contributed by atoms with Crippen LogP contribution in [0.2, 0.25) is 0 Å². The topological polar surface area (TPSA) is 98.2 Å². The number of imide groups is 2. The highest BCUT2D eigenvalue weighted by atomic mass is 16.6. The maximum atomic E-state index is 12.1. The standard InChI is InChI=1S/C12H12N2O5/c1-2-12(8-6-4-3-5-7-8)9(15)13(18)11(17)14(19)10(12)16/h3-7,18-19H,2H2,1H3. The van der Waals surface area contributed by atoms with E-state index in [2.05, 4.69) is 0 Å². The van der Waals surface area contributed by atoms with E-state index in [0.29, 0.717) is 5.56 Å². The second kappa shape index (κ2) is 4.45. The van der Waals surface area contributed by atoms with Gasteiger partial charge in [0.15, 0.2) is 5.41 Å². The van der Waals surface area contributed by atoms with Crippen molar-refractivity contribution in [2.45, 2.75) is 18.8 Å². The number of carbonyl (C=O) groups is 3. The zero-order valence-corrected chi connectivity index (χ0v) is 10.1. The van der Waals surface area contributed by atoms with E-state index in [1.165, 1.54) is 12.1 Å². The lowest BCUT2D eigenvalue weighted by Crippen LogP contribution is -2.65. The van der Waals surface area contributed by atoms with Crippen LogP contribution in [0.4, 0.5) is 4.79 Å². The second-order valence-electron chi connectivity index (χ2n) is 4.14. The molecule has 1 aliphatic rings. The summed E-state index contributed by atoms with van der Waals surface area (Å²) in [6, 6.07) is 6.51. The van der Waals surface area contributed by atoms with Crippen LogP contribution in [0.15, 0.2) is 30.3 Å². The summed E-state index contributed by atoms with van der Waals surface area (Å²) in [5.74, 6) is -2.14. The summed E-state index contributed by atoms with van der Waals surface area (Å²) in [6.07, 6.45) is -0.00389. The summed E-state index contributed by atoms with van der Waals surface area (Å²) in [5.41, 5.74) is -1.49. The number of benzene rings is 1. The lowest BCUT2D eigenvalue weighted by molar-refractivity contribution is -0.196. The number of hydrogen-bond donors (Lipinski definition) is 2. The Morgan fingerprint density at radius 2 is 1.47 bits per heavy atom. The Bertz CT molecular complexity index is 518. The third kappa shape index (κ3) is 1.63. The van der Waals surface area contributed by atoms with E-state index >= 15 is 0 Å². The van der Waals surface area contributed by atoms with Crippen molar-refractivity contribution >= 4 is 17.8 Å². The van der Waals surface area contributed by atoms with Gasteiger partial charge in [-0.05, 0) is 12.0 Å². The first-order chi connectivity index (χ1) is 8.96. The predicted molar refractivity (Wildman–Crippen MR) is 61.1 cm³/mol. The zero-order chi connectivity index (χ0) is 14.2. The van der Waals surface area contributed by atoms with Gasteiger partial charge in [0.05, 0.1) is 0 Å². The van der Waals surface area contributed by atoms with Crippen LogP contribution in [-0.2, 0) is 15.0 Å². The first-order valence-corrected chi connectivity index (χ1v) is 5.63. The Kier molecular flexibility index (Phi) is 3.09. The molecule has 7 nitrogen and oxygen atoms in total. The molecule has 0 bridgehead atoms. The third-order valence-corrected chi connectivity index (χ3v) is 3.27. The Morgan fingerprint density at radius 3 is 1.89 bits per heavy atom. The highest BCUT2D eigenvalue weighted by Crippen LogP contribution is 2.35. The number of hydroxylamine groups is 4. The second-order valence-corrected chi connectivity index (χ2v) is 4.14. The molecule has 1 aliphatic heterocycles. The van der Waals surface area contributed by atoms with Crippen molar-refractivity contribution in [2.75, 3.05) is 0 Å². The first-order valence-electron chi connectivity index (χ1n) is 5.63. The van der Waals surface area contributed by atoms with Gasteiger partial charge in [0.25, 0.3) is 11.8 Å². The fourth-order valence-electron chi connectivity index (χ4n) is 2.19. The van der Waals surface area contributed by atoms with E-state index in [9.17, 15) is 24.8 Å². The summed E-state index contributed by atoms with van der Waals surface area (Å²) < 4.78 is 0. The van der Waals surface area contributed by atoms with Crippen LogP contribution in [0.3, 0.4) is 0 Å². The van der Waals surface area contributed by atoms with Crippen LogP contribution in [0.25, 0.3) is 0 Å². The average Bonchev–Trinajstić information content (AvgIpc) is 2.45. The molecule has 0 atom stereocenters. The number of hydrogen-bond acceptors (Lipinski definition) is 5. The minimum Gasteiger partial charge on any atom is -0.277 e. The monoisotopic (exact) mass is 264 g/mol. The summed E-state index contributed by atoms with van der Waals surface area (Å²) in [4.78, 5) is 35.6. The normalized spacial score (nSPS) is 19.0. The molecule has 0 radical (unpaired) electrons. The molecule has 2 rings (SSSR count). The molecular weight excluding hydrogens is 252 g/mol. The molecule has 0 unspecified atom stereocenters. The Morgan fingerprint density at radius 1 is 1.00 bits per heavy atom. The van der Waals surface area contributed by atoms with E-state index in [-0.39, 0.29) is 16.5 Å². The Hall–Kier alpha value is -2.25. The molecule has 19 heavy (non-hydrogen) atoms. The maximum Gasteiger partial charge on any atom is 0.382 e. The van der Waals surface area contributed by atoms with Crippen LogP contribution < -0.4 is 0 Å². The van der Waals surface area contributed by atoms with Crippen molar-refractivity contribution < 1.29 is 24.8 Å². The van der Waals surface area contributed by atoms with Gasteiger partial charge in [0, 0.05) is 0 Å². The molecule has 4 amide bonds. The minimum absolute atomic E-state index is 0.00389. The predicted octanol–water partition coefficient (Wildman–Crippen LogP) is 0.904. The summed E-state index contributed by atoms with van der Waals surface area (Å²) in [7, 11) is 0. The number of barbiturate groups is 1. The van der Waals surface area contributed by atoms with Gasteiger partial charge in [-0.25, -0.2) is 4.79 Å². The summed E-state index contributed by atoms with van der Waals surface area (Å²) in [5, 5.41) is 18.4. The summed E-state index contributed by atoms with van der Waals surface area (Å²) in [6.45, 7) is 1.56. The number of rotatable bonds is 2. The van der Waals surface area contributed by atoms with Crippen molar-refractivity contribution in [3.63, 3.8) is 0 Å². The van der Waals surface area contributed by atoms with Gasteiger partial charge in [0.1, 0.15) is 0 Å². The molecule has 0 aromatic heterocycles. The van der Waals surface area contributed by atoms with Crippen molar-refractivity contribution in [3.05, 3.63) is 35.9 Å². The molecule has 100 valence electrons. The van der Waals surface area contributed by atoms with E-state index in [1.807, 2.05) is 0 Å². The number of amides is 4. The zero-order valence-electron chi connectivity index (χ0n) is 10.1. The van der Waals surface area contributed by atoms with Crippen LogP contribution in [0, 0.1) is 0 Å². The van der Waals surface area contributed by atoms with Gasteiger partial charge in [-0.2, -0.15) is 0 Å². The number of nitrogens with zero attached hydrogens (tertiary/aromatic N) is 2. The lowest BCUT2D eigenvalue weighted by Gasteiger charge is -2.38. The van der Waals surface area contributed by atoms with Gasteiger partial charge in [-0.15, -0.1) is 10.1 Å². The van der Waals surface area contributed by atoms with Crippen LogP contribution >= 0.6 is 0 Å². The first kappa shape index (κ1) is 13.2. The largest absolute Gasteiger partial charge is 0.382 e. The van der Waals surface area contributed by atoms with Gasteiger partial charge < -0.3 is 0 Å². The quantitative estimate of drug-likeness (QED) is 0.611. The minimum atomic E-state index is -1.79. The van der Waals surface area contributed by atoms with E-state index in [1.54, 1.807) is 25.1 Å². The van der Waals surface area contributed by atoms with Gasteiger partial charge in [-0.3, -0.25) is 20.0 Å². The van der Waals surface area contributed by atoms with Crippen LogP contribution in [0.1, 0.15) is 18.9 Å². The number of carbonyl (C=O) groups excluding carboxylic acids is 3. The highest BCUT2D eigenvalue weighted by Gasteiger charge is 2.57. The van der Waals surface area contributed by atoms with Crippen LogP contribution in [0.5, 0.6) is 0 Å². The molecule has 1 heterocycles. The molecule has 1 aromatic carbocycles. The average molecular weight is 264 g/mol. The van der Waals surface area contributed by atoms with E-state index < -0.39 is 23.3 Å². The van der Waals surface area contributed by atoms with Gasteiger partial charge in [-0.1, -0.05) is 37.3 Å². The van der Waals surface area contributed by atoms with Gasteiger partial charge >= 0.3 is 6.03 Å². The lowest BCUT2D eigenvalue weighted by atomic mass is 9.75. The smallest absolute Gasteiger partial charge is 0.277 e. The van der Waals surface area contributed by atoms with Gasteiger partial charge in [0.2, 0.25) is 0 Å². The molecule has 0 saturated carbocycles. The Balaban J connectivity index is 2.64. The van der Waals surface area contributed by atoms with Crippen molar-refractivity contribution in [3.8, 4) is 0 Å². The van der Waals surface area contributed by atoms with Crippen LogP contribution in [-0.4, -0.2) is 38.4 Å². The van der Waals surface area contributed by atoms with Crippen molar-refractivity contribution in [2.24, 2.45) is 0 Å². The molecule has 1 fully saturated rings. The SMILES string of the molecule is CCC1(c2ccccc2)C(=O)N(O)C(=O)N(O)C1=O. The molecule has 7 heteroatoms. The van der Waals surface area contributed by atoms with Crippen molar-refractivity contribution in [1.82, 2.24) is 10.1 Å². The molecule has 0 spiro atoms. The number of urea groups is 1.